The van der Waals surface area contributed by atoms with Crippen molar-refractivity contribution in [1.82, 2.24) is 0 Å². The number of para-hydroxylation sites is 1. The lowest BCUT2D eigenvalue weighted by Crippen LogP contribution is -2.05. The van der Waals surface area contributed by atoms with Crippen LogP contribution in [-0.2, 0) is 17.2 Å². The summed E-state index contributed by atoms with van der Waals surface area (Å²) in [7, 11) is 0.574. The maximum atomic E-state index is 12.3. The summed E-state index contributed by atoms with van der Waals surface area (Å²) in [6.45, 7) is 1.93. The van der Waals surface area contributed by atoms with Crippen molar-refractivity contribution in [3.63, 3.8) is 0 Å². The van der Waals surface area contributed by atoms with Crippen molar-refractivity contribution in [3.8, 4) is 5.75 Å². The molecule has 2 N–H and O–H groups in total. The van der Waals surface area contributed by atoms with Crippen LogP contribution >= 0.6 is 0 Å². The van der Waals surface area contributed by atoms with Crippen LogP contribution in [0, 0.1) is 6.92 Å². The maximum Gasteiger partial charge on any atom is 0.118 e. The molecule has 0 saturated heterocycles. The summed E-state index contributed by atoms with van der Waals surface area (Å²) in [5, 5.41) is 0. The lowest BCUT2D eigenvalue weighted by Gasteiger charge is -2.08. The molecule has 106 valence electrons. The molecule has 0 fully saturated rings. The normalized spacial score (nSPS) is 12.1. The van der Waals surface area contributed by atoms with Gasteiger partial charge >= 0.3 is 0 Å². The first-order chi connectivity index (χ1) is 9.61. The summed E-state index contributed by atoms with van der Waals surface area (Å²) in [5.41, 5.74) is 8.74. The number of hydrogen-bond donors (Lipinski definition) is 1. The standard InChI is InChI=1S/C16H19NO2S/c1-12-4-3-5-15(16(12)17)20(18)11-10-13-6-8-14(19-2)9-7-13/h3-9H,10-11,17H2,1-2H3. The highest BCUT2D eigenvalue weighted by Crippen LogP contribution is 2.21. The Hall–Kier alpha value is -1.81. The van der Waals surface area contributed by atoms with Gasteiger partial charge in [0.15, 0.2) is 0 Å². The monoisotopic (exact) mass is 289 g/mol. The van der Waals surface area contributed by atoms with Crippen LogP contribution < -0.4 is 10.5 Å². The number of nitrogens with two attached hydrogens (primary N) is 1. The second-order valence-electron chi connectivity index (χ2n) is 4.63. The molecule has 0 radical (unpaired) electrons. The lowest BCUT2D eigenvalue weighted by molar-refractivity contribution is 0.414. The van der Waals surface area contributed by atoms with Gasteiger partial charge in [-0.25, -0.2) is 0 Å². The van der Waals surface area contributed by atoms with Gasteiger partial charge in [-0.3, -0.25) is 4.21 Å². The van der Waals surface area contributed by atoms with Gasteiger partial charge in [-0.05, 0) is 42.7 Å². The molecule has 0 spiro atoms. The van der Waals surface area contributed by atoms with Crippen LogP contribution in [0.25, 0.3) is 0 Å². The van der Waals surface area contributed by atoms with Crippen LogP contribution in [0.15, 0.2) is 47.4 Å². The average molecular weight is 289 g/mol. The average Bonchev–Trinajstić information content (AvgIpc) is 2.48. The van der Waals surface area contributed by atoms with Gasteiger partial charge in [0, 0.05) is 5.75 Å². The Balaban J connectivity index is 2.02. The zero-order chi connectivity index (χ0) is 14.5. The molecule has 4 heteroatoms. The second-order valence-corrected chi connectivity index (χ2v) is 6.17. The van der Waals surface area contributed by atoms with E-state index < -0.39 is 10.8 Å². The molecule has 3 nitrogen and oxygen atoms in total. The summed E-state index contributed by atoms with van der Waals surface area (Å²) in [5.74, 6) is 1.40. The van der Waals surface area contributed by atoms with E-state index in [-0.39, 0.29) is 0 Å². The predicted octanol–water partition coefficient (Wildman–Crippen LogP) is 2.94. The number of hydrogen-bond acceptors (Lipinski definition) is 3. The SMILES string of the molecule is COc1ccc(CCS(=O)c2cccc(C)c2N)cc1. The Morgan fingerprint density at radius 1 is 1.15 bits per heavy atom. The van der Waals surface area contributed by atoms with Crippen molar-refractivity contribution >= 4 is 16.5 Å². The Morgan fingerprint density at radius 2 is 1.85 bits per heavy atom. The Labute approximate surface area is 122 Å². The van der Waals surface area contributed by atoms with Crippen LogP contribution in [0.4, 0.5) is 5.69 Å². The minimum atomic E-state index is -1.07. The van der Waals surface area contributed by atoms with E-state index in [1.807, 2.05) is 49.4 Å². The fraction of sp³-hybridized carbons (Fsp3) is 0.250. The molecule has 0 saturated carbocycles. The molecule has 0 bridgehead atoms. The Kier molecular flexibility index (Phi) is 4.79. The van der Waals surface area contributed by atoms with E-state index in [9.17, 15) is 4.21 Å². The molecule has 0 heterocycles. The Bertz CT molecular complexity index is 608. The number of benzene rings is 2. The van der Waals surface area contributed by atoms with Crippen molar-refractivity contribution in [2.75, 3.05) is 18.6 Å². The largest absolute Gasteiger partial charge is 0.497 e. The van der Waals surface area contributed by atoms with Gasteiger partial charge in [-0.2, -0.15) is 0 Å². The third-order valence-corrected chi connectivity index (χ3v) is 4.69. The highest BCUT2D eigenvalue weighted by atomic mass is 32.2. The van der Waals surface area contributed by atoms with Crippen molar-refractivity contribution < 1.29 is 8.95 Å². The molecule has 2 rings (SSSR count). The minimum Gasteiger partial charge on any atom is -0.497 e. The second kappa shape index (κ2) is 6.57. The van der Waals surface area contributed by atoms with Gasteiger partial charge in [0.2, 0.25) is 0 Å². The number of anilines is 1. The van der Waals surface area contributed by atoms with E-state index in [0.717, 1.165) is 28.2 Å². The number of rotatable bonds is 5. The Morgan fingerprint density at radius 3 is 2.50 bits per heavy atom. The maximum absolute atomic E-state index is 12.3. The first-order valence-electron chi connectivity index (χ1n) is 6.48. The predicted molar refractivity (Wildman–Crippen MR) is 83.6 cm³/mol. The number of nitrogen functional groups attached to an aromatic ring is 1. The van der Waals surface area contributed by atoms with Crippen LogP contribution in [0.3, 0.4) is 0 Å². The van der Waals surface area contributed by atoms with Crippen LogP contribution in [0.1, 0.15) is 11.1 Å². The molecule has 1 unspecified atom stereocenters. The quantitative estimate of drug-likeness (QED) is 0.861. The van der Waals surface area contributed by atoms with E-state index in [2.05, 4.69) is 0 Å². The van der Waals surface area contributed by atoms with Crippen molar-refractivity contribution in [2.24, 2.45) is 0 Å². The van der Waals surface area contributed by atoms with Gasteiger partial charge in [-0.1, -0.05) is 24.3 Å². The van der Waals surface area contributed by atoms with Crippen molar-refractivity contribution in [2.45, 2.75) is 18.2 Å². The fourth-order valence-electron chi connectivity index (χ4n) is 1.96. The molecule has 0 aliphatic heterocycles. The topological polar surface area (TPSA) is 52.3 Å². The van der Waals surface area contributed by atoms with E-state index in [0.29, 0.717) is 11.4 Å². The number of ether oxygens (including phenoxy) is 1. The summed E-state index contributed by atoms with van der Waals surface area (Å²) < 4.78 is 17.4. The smallest absolute Gasteiger partial charge is 0.118 e. The van der Waals surface area contributed by atoms with E-state index in [1.54, 1.807) is 7.11 Å². The van der Waals surface area contributed by atoms with E-state index in [4.69, 9.17) is 10.5 Å². The fourth-order valence-corrected chi connectivity index (χ4v) is 3.24. The van der Waals surface area contributed by atoms with Gasteiger partial charge in [0.25, 0.3) is 0 Å². The first-order valence-corrected chi connectivity index (χ1v) is 7.80. The molecule has 0 aliphatic carbocycles. The zero-order valence-electron chi connectivity index (χ0n) is 11.8. The van der Waals surface area contributed by atoms with Gasteiger partial charge in [-0.15, -0.1) is 0 Å². The summed E-state index contributed by atoms with van der Waals surface area (Å²) >= 11 is 0. The van der Waals surface area contributed by atoms with E-state index >= 15 is 0 Å². The van der Waals surface area contributed by atoms with Gasteiger partial charge in [0.05, 0.1) is 28.5 Å². The molecule has 0 amide bonds. The highest BCUT2D eigenvalue weighted by Gasteiger charge is 2.09. The molecular weight excluding hydrogens is 270 g/mol. The number of methoxy groups -OCH3 is 1. The lowest BCUT2D eigenvalue weighted by atomic mass is 10.2. The molecular formula is C16H19NO2S. The zero-order valence-corrected chi connectivity index (χ0v) is 12.6. The third-order valence-electron chi connectivity index (χ3n) is 3.26. The van der Waals surface area contributed by atoms with Crippen LogP contribution in [-0.4, -0.2) is 17.1 Å². The minimum absolute atomic E-state index is 0.569. The van der Waals surface area contributed by atoms with Gasteiger partial charge in [0.1, 0.15) is 5.75 Å². The molecule has 1 atom stereocenters. The van der Waals surface area contributed by atoms with Crippen LogP contribution in [0.5, 0.6) is 5.75 Å². The molecule has 0 aromatic heterocycles. The summed E-state index contributed by atoms with van der Waals surface area (Å²) in [6, 6.07) is 13.5. The van der Waals surface area contributed by atoms with E-state index in [1.165, 1.54) is 0 Å². The number of aryl methyl sites for hydroxylation is 2. The summed E-state index contributed by atoms with van der Waals surface area (Å²) in [4.78, 5) is 0.735. The molecule has 0 aliphatic rings. The van der Waals surface area contributed by atoms with Crippen molar-refractivity contribution in [3.05, 3.63) is 53.6 Å². The molecule has 20 heavy (non-hydrogen) atoms. The molecule has 2 aromatic rings. The molecule has 2 aromatic carbocycles. The van der Waals surface area contributed by atoms with Crippen LogP contribution in [0.2, 0.25) is 0 Å². The highest BCUT2D eigenvalue weighted by molar-refractivity contribution is 7.85. The summed E-state index contributed by atoms with van der Waals surface area (Å²) in [6.07, 6.45) is 0.754. The van der Waals surface area contributed by atoms with Gasteiger partial charge < -0.3 is 10.5 Å². The van der Waals surface area contributed by atoms with Crippen molar-refractivity contribution in [1.29, 1.82) is 0 Å². The first kappa shape index (κ1) is 14.6. The third kappa shape index (κ3) is 3.39.